The first-order valence-corrected chi connectivity index (χ1v) is 10.5. The van der Waals surface area contributed by atoms with Crippen molar-refractivity contribution in [2.24, 2.45) is 0 Å². The molecule has 0 saturated carbocycles. The molecule has 29 heavy (non-hydrogen) atoms. The molecule has 0 spiro atoms. The summed E-state index contributed by atoms with van der Waals surface area (Å²) in [4.78, 5) is 19.0. The van der Waals surface area contributed by atoms with Crippen molar-refractivity contribution >= 4 is 0 Å². The number of rotatable bonds is 5. The van der Waals surface area contributed by atoms with Gasteiger partial charge in [-0.25, -0.2) is 4.68 Å². The van der Waals surface area contributed by atoms with Crippen LogP contribution in [0.2, 0.25) is 0 Å². The summed E-state index contributed by atoms with van der Waals surface area (Å²) >= 11 is 0. The van der Waals surface area contributed by atoms with Crippen molar-refractivity contribution in [1.82, 2.24) is 24.8 Å². The summed E-state index contributed by atoms with van der Waals surface area (Å²) in [6.07, 6.45) is 10.2. The van der Waals surface area contributed by atoms with E-state index in [2.05, 4.69) is 20.1 Å². The van der Waals surface area contributed by atoms with Crippen LogP contribution in [0, 0.1) is 0 Å². The molecule has 7 nitrogen and oxygen atoms in total. The Bertz CT molecular complexity index is 1040. The van der Waals surface area contributed by atoms with Gasteiger partial charge >= 0.3 is 0 Å². The predicted molar refractivity (Wildman–Crippen MR) is 108 cm³/mol. The molecule has 7 heteroatoms. The third kappa shape index (κ3) is 3.74. The van der Waals surface area contributed by atoms with Crippen LogP contribution in [0.4, 0.5) is 0 Å². The molecule has 0 bridgehead atoms. The highest BCUT2D eigenvalue weighted by Gasteiger charge is 2.28. The van der Waals surface area contributed by atoms with Crippen LogP contribution in [0.1, 0.15) is 42.7 Å². The number of aryl methyl sites for hydroxylation is 1. The van der Waals surface area contributed by atoms with Crippen molar-refractivity contribution in [3.8, 4) is 11.3 Å². The first-order chi connectivity index (χ1) is 14.3. The lowest BCUT2D eigenvalue weighted by Crippen LogP contribution is -2.37. The number of aromatic nitrogens is 4. The predicted octanol–water partition coefficient (Wildman–Crippen LogP) is 2.84. The second kappa shape index (κ2) is 7.91. The van der Waals surface area contributed by atoms with Crippen LogP contribution in [-0.4, -0.2) is 37.4 Å². The molecular weight excluding hydrogens is 366 g/mol. The molecule has 0 aromatic carbocycles. The SMILES string of the molecule is O=c1ccc(-c2cccnc2)nn1CC1CCCN1Cc1noc2c1CCCC2. The lowest BCUT2D eigenvalue weighted by atomic mass is 9.96. The molecule has 150 valence electrons. The van der Waals surface area contributed by atoms with E-state index in [1.54, 1.807) is 29.2 Å². The van der Waals surface area contributed by atoms with E-state index in [0.717, 1.165) is 61.5 Å². The third-order valence-corrected chi connectivity index (χ3v) is 6.09. The van der Waals surface area contributed by atoms with E-state index in [0.29, 0.717) is 6.54 Å². The van der Waals surface area contributed by atoms with Gasteiger partial charge in [-0.1, -0.05) is 5.16 Å². The van der Waals surface area contributed by atoms with Crippen LogP contribution in [0.25, 0.3) is 11.3 Å². The zero-order valence-corrected chi connectivity index (χ0v) is 16.5. The molecule has 0 amide bonds. The fourth-order valence-electron chi connectivity index (χ4n) is 4.52. The van der Waals surface area contributed by atoms with Crippen LogP contribution in [0.15, 0.2) is 46.0 Å². The van der Waals surface area contributed by atoms with Crippen molar-refractivity contribution < 1.29 is 4.52 Å². The van der Waals surface area contributed by atoms with Gasteiger partial charge in [-0.15, -0.1) is 0 Å². The maximum Gasteiger partial charge on any atom is 0.266 e. The summed E-state index contributed by atoms with van der Waals surface area (Å²) in [7, 11) is 0. The standard InChI is InChI=1S/C22H25N5O2/c28-22-10-9-19(16-5-3-11-23-13-16)24-27(22)14-17-6-4-12-26(17)15-20-18-7-1-2-8-21(18)29-25-20/h3,5,9-11,13,17H,1-2,4,6-8,12,14-15H2. The Kier molecular flexibility index (Phi) is 4.97. The Morgan fingerprint density at radius 2 is 2.07 bits per heavy atom. The van der Waals surface area contributed by atoms with Gasteiger partial charge in [0, 0.05) is 48.6 Å². The van der Waals surface area contributed by atoms with Crippen LogP contribution in [0.3, 0.4) is 0 Å². The van der Waals surface area contributed by atoms with Gasteiger partial charge in [0.05, 0.1) is 12.2 Å². The summed E-state index contributed by atoms with van der Waals surface area (Å²) in [6.45, 7) is 2.40. The van der Waals surface area contributed by atoms with E-state index >= 15 is 0 Å². The largest absolute Gasteiger partial charge is 0.361 e. The molecule has 5 rings (SSSR count). The highest BCUT2D eigenvalue weighted by atomic mass is 16.5. The fourth-order valence-corrected chi connectivity index (χ4v) is 4.52. The van der Waals surface area contributed by atoms with E-state index in [-0.39, 0.29) is 11.6 Å². The van der Waals surface area contributed by atoms with Gasteiger partial charge in [-0.3, -0.25) is 14.7 Å². The molecule has 3 aromatic heterocycles. The van der Waals surface area contributed by atoms with E-state index in [4.69, 9.17) is 4.52 Å². The maximum atomic E-state index is 12.4. The summed E-state index contributed by atoms with van der Waals surface area (Å²) < 4.78 is 7.19. The second-order valence-corrected chi connectivity index (χ2v) is 7.99. The van der Waals surface area contributed by atoms with Gasteiger partial charge < -0.3 is 4.52 Å². The smallest absolute Gasteiger partial charge is 0.266 e. The molecule has 0 N–H and O–H groups in total. The van der Waals surface area contributed by atoms with Crippen molar-refractivity contribution in [1.29, 1.82) is 0 Å². The lowest BCUT2D eigenvalue weighted by molar-refractivity contribution is 0.210. The zero-order chi connectivity index (χ0) is 19.6. The molecular formula is C22H25N5O2. The second-order valence-electron chi connectivity index (χ2n) is 7.99. The van der Waals surface area contributed by atoms with Crippen molar-refractivity contribution in [3.05, 3.63) is 64.0 Å². The van der Waals surface area contributed by atoms with E-state index in [9.17, 15) is 4.79 Å². The number of hydrogen-bond donors (Lipinski definition) is 0. The Hall–Kier alpha value is -2.80. The third-order valence-electron chi connectivity index (χ3n) is 6.09. The highest BCUT2D eigenvalue weighted by Crippen LogP contribution is 2.27. The minimum Gasteiger partial charge on any atom is -0.361 e. The Labute approximate surface area is 169 Å². The van der Waals surface area contributed by atoms with Gasteiger partial charge in [-0.2, -0.15) is 5.10 Å². The number of hydrogen-bond acceptors (Lipinski definition) is 6. The first-order valence-electron chi connectivity index (χ1n) is 10.5. The minimum atomic E-state index is -0.0664. The van der Waals surface area contributed by atoms with Crippen molar-refractivity contribution in [2.45, 2.75) is 57.7 Å². The zero-order valence-electron chi connectivity index (χ0n) is 16.5. The molecule has 0 radical (unpaired) electrons. The number of fused-ring (bicyclic) bond motifs is 1. The number of pyridine rings is 1. The van der Waals surface area contributed by atoms with Crippen LogP contribution >= 0.6 is 0 Å². The number of nitrogens with zero attached hydrogens (tertiary/aromatic N) is 5. The maximum absolute atomic E-state index is 12.4. The minimum absolute atomic E-state index is 0.0664. The lowest BCUT2D eigenvalue weighted by Gasteiger charge is -2.24. The molecule has 1 unspecified atom stereocenters. The topological polar surface area (TPSA) is 77.1 Å². The van der Waals surface area contributed by atoms with Gasteiger partial charge in [-0.05, 0) is 56.8 Å². The average Bonchev–Trinajstić information content (AvgIpc) is 3.38. The summed E-state index contributed by atoms with van der Waals surface area (Å²) in [5, 5.41) is 8.98. The molecule has 3 aromatic rings. The van der Waals surface area contributed by atoms with Gasteiger partial charge in [0.25, 0.3) is 5.56 Å². The highest BCUT2D eigenvalue weighted by molar-refractivity contribution is 5.56. The Morgan fingerprint density at radius 3 is 2.97 bits per heavy atom. The molecule has 4 heterocycles. The Morgan fingerprint density at radius 1 is 1.14 bits per heavy atom. The molecule has 1 aliphatic carbocycles. The number of likely N-dealkylation sites (tertiary alicyclic amines) is 1. The van der Waals surface area contributed by atoms with Gasteiger partial charge in [0.15, 0.2) is 0 Å². The molecule has 1 aliphatic heterocycles. The normalized spacial score (nSPS) is 19.4. The van der Waals surface area contributed by atoms with Gasteiger partial charge in [0.1, 0.15) is 11.5 Å². The first kappa shape index (κ1) is 18.2. The van der Waals surface area contributed by atoms with Gasteiger partial charge in [0.2, 0.25) is 0 Å². The van der Waals surface area contributed by atoms with E-state index in [1.165, 1.54) is 18.4 Å². The van der Waals surface area contributed by atoms with Crippen LogP contribution in [-0.2, 0) is 25.9 Å². The molecule has 2 aliphatic rings. The molecule has 1 saturated heterocycles. The quantitative estimate of drug-likeness (QED) is 0.666. The molecule has 1 atom stereocenters. The van der Waals surface area contributed by atoms with E-state index in [1.807, 2.05) is 12.1 Å². The fraction of sp³-hybridized carbons (Fsp3) is 0.455. The van der Waals surface area contributed by atoms with Crippen LogP contribution in [0.5, 0.6) is 0 Å². The summed E-state index contributed by atoms with van der Waals surface area (Å²) in [5.41, 5.74) is 4.02. The molecule has 1 fully saturated rings. The van der Waals surface area contributed by atoms with E-state index < -0.39 is 0 Å². The summed E-state index contributed by atoms with van der Waals surface area (Å²) in [6, 6.07) is 7.48. The summed E-state index contributed by atoms with van der Waals surface area (Å²) in [5.74, 6) is 1.07. The van der Waals surface area contributed by atoms with Crippen molar-refractivity contribution in [3.63, 3.8) is 0 Å². The van der Waals surface area contributed by atoms with Crippen molar-refractivity contribution in [2.75, 3.05) is 6.54 Å². The van der Waals surface area contributed by atoms with Crippen LogP contribution < -0.4 is 5.56 Å². The Balaban J connectivity index is 1.35. The monoisotopic (exact) mass is 391 g/mol. The average molecular weight is 391 g/mol.